The van der Waals surface area contributed by atoms with Gasteiger partial charge in [-0.05, 0) is 49.2 Å². The number of halogens is 2. The predicted molar refractivity (Wildman–Crippen MR) is 114 cm³/mol. The van der Waals surface area contributed by atoms with Gasteiger partial charge in [-0.2, -0.15) is 0 Å². The second-order valence-corrected chi connectivity index (χ2v) is 7.84. The molecule has 1 aliphatic rings. The zero-order valence-electron chi connectivity index (χ0n) is 16.6. The number of carbonyl (C=O) groups excluding carboxylic acids is 2. The fraction of sp³-hybridized carbons (Fsp3) is 0.261. The van der Waals surface area contributed by atoms with Gasteiger partial charge in [0.15, 0.2) is 5.76 Å². The first-order valence-corrected chi connectivity index (χ1v) is 10.4. The summed E-state index contributed by atoms with van der Waals surface area (Å²) >= 11 is 6.01. The maximum atomic E-state index is 13.8. The van der Waals surface area contributed by atoms with E-state index in [-0.39, 0.29) is 28.4 Å². The molecule has 4 rings (SSSR count). The van der Waals surface area contributed by atoms with Crippen molar-refractivity contribution in [3.8, 4) is 0 Å². The van der Waals surface area contributed by atoms with Crippen molar-refractivity contribution in [2.45, 2.75) is 37.8 Å². The van der Waals surface area contributed by atoms with Crippen LogP contribution in [0.25, 0.3) is 0 Å². The van der Waals surface area contributed by atoms with Crippen molar-refractivity contribution in [1.82, 2.24) is 10.3 Å². The van der Waals surface area contributed by atoms with Crippen molar-refractivity contribution < 1.29 is 18.4 Å². The van der Waals surface area contributed by atoms with Crippen LogP contribution in [-0.2, 0) is 4.79 Å². The van der Waals surface area contributed by atoms with E-state index in [1.807, 2.05) is 0 Å². The quantitative estimate of drug-likeness (QED) is 0.589. The summed E-state index contributed by atoms with van der Waals surface area (Å²) in [5.74, 6) is -1.48. The van der Waals surface area contributed by atoms with Crippen molar-refractivity contribution in [3.63, 3.8) is 0 Å². The van der Waals surface area contributed by atoms with Crippen LogP contribution < -0.4 is 10.2 Å². The number of pyridine rings is 1. The molecule has 2 aromatic heterocycles. The molecule has 8 heteroatoms. The maximum Gasteiger partial charge on any atom is 0.294 e. The lowest BCUT2D eigenvalue weighted by Crippen LogP contribution is -2.46. The lowest BCUT2D eigenvalue weighted by Gasteiger charge is -2.31. The SMILES string of the molecule is O=C(NC1CCCC1)[C@@H](c1cccnc1)N(C(=O)c1ccco1)c1ccc(F)c(Cl)c1. The molecule has 1 aromatic carbocycles. The molecule has 1 atom stereocenters. The van der Waals surface area contributed by atoms with Crippen molar-refractivity contribution in [2.24, 2.45) is 0 Å². The van der Waals surface area contributed by atoms with Crippen LogP contribution in [0.5, 0.6) is 0 Å². The number of hydrogen-bond acceptors (Lipinski definition) is 4. The Labute approximate surface area is 184 Å². The maximum absolute atomic E-state index is 13.8. The van der Waals surface area contributed by atoms with Gasteiger partial charge < -0.3 is 9.73 Å². The van der Waals surface area contributed by atoms with Crippen molar-refractivity contribution >= 4 is 29.1 Å². The van der Waals surface area contributed by atoms with Crippen molar-refractivity contribution in [3.05, 3.63) is 83.3 Å². The molecule has 0 radical (unpaired) electrons. The van der Waals surface area contributed by atoms with E-state index in [2.05, 4.69) is 10.3 Å². The van der Waals surface area contributed by atoms with Gasteiger partial charge in [0.05, 0.1) is 11.3 Å². The van der Waals surface area contributed by atoms with Gasteiger partial charge in [0, 0.05) is 29.7 Å². The minimum atomic E-state index is -1.05. The average molecular weight is 442 g/mol. The van der Waals surface area contributed by atoms with E-state index in [1.54, 1.807) is 24.4 Å². The molecule has 2 heterocycles. The zero-order chi connectivity index (χ0) is 21.8. The molecule has 1 fully saturated rings. The summed E-state index contributed by atoms with van der Waals surface area (Å²) in [6, 6.07) is 9.40. The van der Waals surface area contributed by atoms with Crippen LogP contribution in [0.4, 0.5) is 10.1 Å². The molecule has 31 heavy (non-hydrogen) atoms. The normalized spacial score (nSPS) is 14.9. The summed E-state index contributed by atoms with van der Waals surface area (Å²) in [4.78, 5) is 32.3. The van der Waals surface area contributed by atoms with Gasteiger partial charge in [-0.25, -0.2) is 4.39 Å². The van der Waals surface area contributed by atoms with E-state index in [9.17, 15) is 14.0 Å². The van der Waals surface area contributed by atoms with Gasteiger partial charge in [0.1, 0.15) is 11.9 Å². The number of nitrogens with zero attached hydrogens (tertiary/aromatic N) is 2. The second kappa shape index (κ2) is 9.31. The Morgan fingerprint density at radius 2 is 2.00 bits per heavy atom. The van der Waals surface area contributed by atoms with Crippen LogP contribution in [0.2, 0.25) is 5.02 Å². The third-order valence-corrected chi connectivity index (χ3v) is 5.63. The first kappa shape index (κ1) is 21.1. The summed E-state index contributed by atoms with van der Waals surface area (Å²) in [7, 11) is 0. The summed E-state index contributed by atoms with van der Waals surface area (Å²) in [6.45, 7) is 0. The van der Waals surface area contributed by atoms with E-state index in [4.69, 9.17) is 16.0 Å². The lowest BCUT2D eigenvalue weighted by atomic mass is 10.0. The molecule has 3 aromatic rings. The van der Waals surface area contributed by atoms with Crippen LogP contribution in [-0.4, -0.2) is 22.8 Å². The first-order valence-electron chi connectivity index (χ1n) is 10.1. The van der Waals surface area contributed by atoms with E-state index in [1.165, 1.54) is 35.6 Å². The third kappa shape index (κ3) is 4.61. The Morgan fingerprint density at radius 3 is 2.65 bits per heavy atom. The Balaban J connectivity index is 1.81. The smallest absolute Gasteiger partial charge is 0.294 e. The summed E-state index contributed by atoms with van der Waals surface area (Å²) in [6.07, 6.45) is 8.37. The summed E-state index contributed by atoms with van der Waals surface area (Å²) < 4.78 is 19.2. The largest absolute Gasteiger partial charge is 0.459 e. The number of amides is 2. The highest BCUT2D eigenvalue weighted by molar-refractivity contribution is 6.31. The van der Waals surface area contributed by atoms with E-state index in [0.717, 1.165) is 31.7 Å². The molecule has 0 saturated heterocycles. The van der Waals surface area contributed by atoms with Gasteiger partial charge in [-0.1, -0.05) is 30.5 Å². The molecule has 0 unspecified atom stereocenters. The molecular weight excluding hydrogens is 421 g/mol. The highest BCUT2D eigenvalue weighted by atomic mass is 35.5. The fourth-order valence-corrected chi connectivity index (χ4v) is 4.02. The van der Waals surface area contributed by atoms with E-state index < -0.39 is 17.8 Å². The number of rotatable bonds is 6. The minimum Gasteiger partial charge on any atom is -0.459 e. The van der Waals surface area contributed by atoms with Gasteiger partial charge in [-0.3, -0.25) is 19.5 Å². The molecule has 0 spiro atoms. The highest BCUT2D eigenvalue weighted by Gasteiger charge is 2.36. The number of furan rings is 1. The fourth-order valence-electron chi connectivity index (χ4n) is 3.84. The zero-order valence-corrected chi connectivity index (χ0v) is 17.4. The summed E-state index contributed by atoms with van der Waals surface area (Å²) in [5, 5.41) is 2.90. The molecule has 160 valence electrons. The van der Waals surface area contributed by atoms with Crippen LogP contribution in [0, 0.1) is 5.82 Å². The molecule has 1 saturated carbocycles. The Kier molecular flexibility index (Phi) is 6.32. The topological polar surface area (TPSA) is 75.4 Å². The molecule has 0 bridgehead atoms. The minimum absolute atomic E-state index is 0.0444. The van der Waals surface area contributed by atoms with Crippen molar-refractivity contribution in [2.75, 3.05) is 4.90 Å². The third-order valence-electron chi connectivity index (χ3n) is 5.34. The molecule has 2 amide bonds. The summed E-state index contributed by atoms with van der Waals surface area (Å²) in [5.41, 5.74) is 0.779. The van der Waals surface area contributed by atoms with Gasteiger partial charge in [0.25, 0.3) is 5.91 Å². The Hall–Kier alpha value is -3.19. The van der Waals surface area contributed by atoms with Gasteiger partial charge in [-0.15, -0.1) is 0 Å². The van der Waals surface area contributed by atoms with Crippen LogP contribution >= 0.6 is 11.6 Å². The monoisotopic (exact) mass is 441 g/mol. The number of anilines is 1. The Morgan fingerprint density at radius 1 is 1.19 bits per heavy atom. The number of hydrogen-bond donors (Lipinski definition) is 1. The highest BCUT2D eigenvalue weighted by Crippen LogP contribution is 2.32. The van der Waals surface area contributed by atoms with Crippen LogP contribution in [0.15, 0.2) is 65.5 Å². The van der Waals surface area contributed by atoms with Gasteiger partial charge in [0.2, 0.25) is 5.91 Å². The lowest BCUT2D eigenvalue weighted by molar-refractivity contribution is -0.123. The second-order valence-electron chi connectivity index (χ2n) is 7.43. The van der Waals surface area contributed by atoms with Crippen molar-refractivity contribution in [1.29, 1.82) is 0 Å². The number of aromatic nitrogens is 1. The molecule has 1 aliphatic carbocycles. The number of carbonyl (C=O) groups is 2. The Bertz CT molecular complexity index is 1050. The van der Waals surface area contributed by atoms with E-state index in [0.29, 0.717) is 5.56 Å². The number of benzene rings is 1. The molecule has 1 N–H and O–H groups in total. The molecule has 0 aliphatic heterocycles. The average Bonchev–Trinajstić information content (AvgIpc) is 3.48. The number of nitrogens with one attached hydrogen (secondary N) is 1. The molecule has 6 nitrogen and oxygen atoms in total. The van der Waals surface area contributed by atoms with Crippen LogP contribution in [0.3, 0.4) is 0 Å². The van der Waals surface area contributed by atoms with Gasteiger partial charge >= 0.3 is 0 Å². The predicted octanol–water partition coefficient (Wildman–Crippen LogP) is 4.91. The van der Waals surface area contributed by atoms with E-state index >= 15 is 0 Å². The molecular formula is C23H21ClFN3O3. The first-order chi connectivity index (χ1) is 15.0. The standard InChI is InChI=1S/C23H21ClFN3O3/c24-18-13-17(9-10-19(18)25)28(23(30)20-8-4-12-31-20)21(15-5-3-11-26-14-15)22(29)27-16-6-1-2-7-16/h3-5,8-14,16,21H,1-2,6-7H2,(H,27,29)/t21-/m1/s1. The van der Waals surface area contributed by atoms with Crippen LogP contribution in [0.1, 0.15) is 47.8 Å².